The van der Waals surface area contributed by atoms with Gasteiger partial charge in [-0.05, 0) is 0 Å². The maximum absolute atomic E-state index is 11.0. The van der Waals surface area contributed by atoms with Gasteiger partial charge in [-0.15, -0.1) is 11.6 Å². The molecule has 0 radical (unpaired) electrons. The van der Waals surface area contributed by atoms with Crippen LogP contribution in [0.25, 0.3) is 0 Å². The van der Waals surface area contributed by atoms with Crippen molar-refractivity contribution in [2.24, 2.45) is 0 Å². The van der Waals surface area contributed by atoms with Crippen molar-refractivity contribution in [1.82, 2.24) is 10.2 Å². The highest BCUT2D eigenvalue weighted by molar-refractivity contribution is 6.18. The lowest BCUT2D eigenvalue weighted by Crippen LogP contribution is -2.51. The molecule has 0 spiro atoms. The largest absolute Gasteiger partial charge is 0.345 e. The van der Waals surface area contributed by atoms with Gasteiger partial charge in [-0.2, -0.15) is 0 Å². The van der Waals surface area contributed by atoms with Crippen molar-refractivity contribution in [3.05, 3.63) is 0 Å². The fourth-order valence-electron chi connectivity index (χ4n) is 0.909. The van der Waals surface area contributed by atoms with Crippen LogP contribution >= 0.6 is 11.6 Å². The predicted molar refractivity (Wildman–Crippen MR) is 40.3 cm³/mol. The summed E-state index contributed by atoms with van der Waals surface area (Å²) in [5.41, 5.74) is 0. The number of nitrogens with one attached hydrogen (secondary N) is 1. The third kappa shape index (κ3) is 2.08. The SMILES string of the molecule is O=C1CN(CCCl)C(=O)CN1. The van der Waals surface area contributed by atoms with Crippen LogP contribution < -0.4 is 5.32 Å². The Hall–Kier alpha value is -0.770. The van der Waals surface area contributed by atoms with Gasteiger partial charge in [0.2, 0.25) is 11.8 Å². The average Bonchev–Trinajstić information content (AvgIpc) is 1.98. The highest BCUT2D eigenvalue weighted by Crippen LogP contribution is 1.95. The van der Waals surface area contributed by atoms with Crippen LogP contribution in [-0.4, -0.2) is 42.2 Å². The summed E-state index contributed by atoms with van der Waals surface area (Å²) in [5, 5.41) is 2.45. The molecule has 0 saturated carbocycles. The summed E-state index contributed by atoms with van der Waals surface area (Å²) in [6.45, 7) is 0.703. The molecule has 0 bridgehead atoms. The van der Waals surface area contributed by atoms with Crippen LogP contribution in [0.1, 0.15) is 0 Å². The molecule has 5 heteroatoms. The van der Waals surface area contributed by atoms with E-state index in [1.807, 2.05) is 0 Å². The molecule has 62 valence electrons. The lowest BCUT2D eigenvalue weighted by Gasteiger charge is -2.25. The molecule has 11 heavy (non-hydrogen) atoms. The molecule has 0 aromatic carbocycles. The second kappa shape index (κ2) is 3.57. The first-order valence-corrected chi connectivity index (χ1v) is 3.88. The Morgan fingerprint density at radius 1 is 1.55 bits per heavy atom. The number of halogens is 1. The first-order chi connectivity index (χ1) is 5.24. The highest BCUT2D eigenvalue weighted by atomic mass is 35.5. The van der Waals surface area contributed by atoms with Crippen LogP contribution in [-0.2, 0) is 9.59 Å². The molecule has 0 atom stereocenters. The lowest BCUT2D eigenvalue weighted by atomic mass is 10.3. The summed E-state index contributed by atoms with van der Waals surface area (Å²) in [5.74, 6) is 0.193. The highest BCUT2D eigenvalue weighted by Gasteiger charge is 2.21. The molecular weight excluding hydrogens is 168 g/mol. The zero-order valence-electron chi connectivity index (χ0n) is 5.97. The minimum atomic E-state index is -0.116. The number of carbonyl (C=O) groups excluding carboxylic acids is 2. The Balaban J connectivity index is 2.47. The average molecular weight is 177 g/mol. The number of nitrogens with zero attached hydrogens (tertiary/aromatic N) is 1. The van der Waals surface area contributed by atoms with Crippen LogP contribution in [0.5, 0.6) is 0 Å². The number of rotatable bonds is 2. The van der Waals surface area contributed by atoms with E-state index < -0.39 is 0 Å². The summed E-state index contributed by atoms with van der Waals surface area (Å²) in [7, 11) is 0. The minimum absolute atomic E-state index is 0.0646. The van der Waals surface area contributed by atoms with Gasteiger partial charge in [0.25, 0.3) is 0 Å². The van der Waals surface area contributed by atoms with Gasteiger partial charge in [-0.1, -0.05) is 0 Å². The maximum Gasteiger partial charge on any atom is 0.242 e. The molecule has 0 unspecified atom stereocenters. The summed E-state index contributed by atoms with van der Waals surface area (Å²) in [6, 6.07) is 0. The van der Waals surface area contributed by atoms with Crippen LogP contribution in [0.15, 0.2) is 0 Å². The summed E-state index contributed by atoms with van der Waals surface area (Å²) >= 11 is 5.42. The van der Waals surface area contributed by atoms with Crippen molar-refractivity contribution in [1.29, 1.82) is 0 Å². The molecule has 1 aliphatic heterocycles. The topological polar surface area (TPSA) is 49.4 Å². The van der Waals surface area contributed by atoms with E-state index in [1.165, 1.54) is 4.90 Å². The predicted octanol–water partition coefficient (Wildman–Crippen LogP) is -0.816. The maximum atomic E-state index is 11.0. The van der Waals surface area contributed by atoms with E-state index in [2.05, 4.69) is 5.32 Å². The zero-order valence-corrected chi connectivity index (χ0v) is 6.73. The Labute approximate surface area is 69.5 Å². The summed E-state index contributed by atoms with van der Waals surface area (Å²) in [6.07, 6.45) is 0. The van der Waals surface area contributed by atoms with Crippen molar-refractivity contribution < 1.29 is 9.59 Å². The van der Waals surface area contributed by atoms with E-state index in [0.717, 1.165) is 0 Å². The monoisotopic (exact) mass is 176 g/mol. The van der Waals surface area contributed by atoms with Crippen molar-refractivity contribution >= 4 is 23.4 Å². The number of hydrogen-bond donors (Lipinski definition) is 1. The van der Waals surface area contributed by atoms with E-state index in [1.54, 1.807) is 0 Å². The Morgan fingerprint density at radius 2 is 2.27 bits per heavy atom. The van der Waals surface area contributed by atoms with E-state index in [0.29, 0.717) is 12.4 Å². The van der Waals surface area contributed by atoms with E-state index in [4.69, 9.17) is 11.6 Å². The molecule has 0 aromatic rings. The van der Waals surface area contributed by atoms with Crippen molar-refractivity contribution in [2.75, 3.05) is 25.5 Å². The van der Waals surface area contributed by atoms with Gasteiger partial charge in [-0.3, -0.25) is 9.59 Å². The fourth-order valence-corrected chi connectivity index (χ4v) is 1.11. The first kappa shape index (κ1) is 8.33. The van der Waals surface area contributed by atoms with Gasteiger partial charge in [0.15, 0.2) is 0 Å². The van der Waals surface area contributed by atoms with Gasteiger partial charge in [0, 0.05) is 12.4 Å². The molecule has 1 heterocycles. The zero-order chi connectivity index (χ0) is 8.27. The van der Waals surface area contributed by atoms with Crippen molar-refractivity contribution in [3.63, 3.8) is 0 Å². The van der Waals surface area contributed by atoms with Crippen LogP contribution in [0, 0.1) is 0 Å². The molecule has 0 aliphatic carbocycles. The third-order valence-electron chi connectivity index (χ3n) is 1.48. The van der Waals surface area contributed by atoms with Gasteiger partial charge in [0.1, 0.15) is 0 Å². The van der Waals surface area contributed by atoms with E-state index in [9.17, 15) is 9.59 Å². The van der Waals surface area contributed by atoms with Crippen LogP contribution in [0.3, 0.4) is 0 Å². The van der Waals surface area contributed by atoms with Gasteiger partial charge in [-0.25, -0.2) is 0 Å². The normalized spacial score (nSPS) is 18.5. The molecule has 1 rings (SSSR count). The lowest BCUT2D eigenvalue weighted by molar-refractivity contribution is -0.140. The molecular formula is C6H9ClN2O2. The third-order valence-corrected chi connectivity index (χ3v) is 1.65. The van der Waals surface area contributed by atoms with Crippen LogP contribution in [0.4, 0.5) is 0 Å². The van der Waals surface area contributed by atoms with Crippen LogP contribution in [0.2, 0.25) is 0 Å². The van der Waals surface area contributed by atoms with Crippen molar-refractivity contribution in [3.8, 4) is 0 Å². The molecule has 0 aromatic heterocycles. The molecule has 1 aliphatic rings. The molecule has 1 saturated heterocycles. The summed E-state index contributed by atoms with van der Waals surface area (Å²) < 4.78 is 0. The Morgan fingerprint density at radius 3 is 2.91 bits per heavy atom. The second-order valence-corrected chi connectivity index (χ2v) is 2.66. The smallest absolute Gasteiger partial charge is 0.242 e. The van der Waals surface area contributed by atoms with Crippen molar-refractivity contribution in [2.45, 2.75) is 0 Å². The molecule has 1 fully saturated rings. The number of piperazine rings is 1. The Kier molecular flexibility index (Phi) is 2.70. The quantitative estimate of drug-likeness (QED) is 0.560. The van der Waals surface area contributed by atoms with E-state index in [-0.39, 0.29) is 24.9 Å². The first-order valence-electron chi connectivity index (χ1n) is 3.34. The fraction of sp³-hybridized carbons (Fsp3) is 0.667. The number of alkyl halides is 1. The number of carbonyl (C=O) groups is 2. The van der Waals surface area contributed by atoms with E-state index >= 15 is 0 Å². The van der Waals surface area contributed by atoms with Gasteiger partial charge >= 0.3 is 0 Å². The number of hydrogen-bond acceptors (Lipinski definition) is 2. The molecule has 1 N–H and O–H groups in total. The number of amides is 2. The Bertz CT molecular complexity index is 183. The molecule has 2 amide bonds. The molecule has 4 nitrogen and oxygen atoms in total. The minimum Gasteiger partial charge on any atom is -0.345 e. The van der Waals surface area contributed by atoms with Gasteiger partial charge < -0.3 is 10.2 Å². The standard InChI is InChI=1S/C6H9ClN2O2/c7-1-2-9-4-5(10)8-3-6(9)11/h1-4H2,(H,8,10). The second-order valence-electron chi connectivity index (χ2n) is 2.28. The summed E-state index contributed by atoms with van der Waals surface area (Å²) in [4.78, 5) is 23.2. The van der Waals surface area contributed by atoms with Gasteiger partial charge in [0.05, 0.1) is 13.1 Å².